The Kier molecular flexibility index (Phi) is 5.09. The second-order valence-corrected chi connectivity index (χ2v) is 7.80. The standard InChI is InChI=1S/C22H21ClN6O2/c1-28-13-16(20(27-28)15-4-2-3-5-17(15)23)21(30)24-14-6-7-18-19(12-14)26-22(25-18)29-8-10-31-11-9-29/h2-7,12-13H,8-11H2,1H3,(H,24,30)(H,25,26). The zero-order chi connectivity index (χ0) is 21.4. The lowest BCUT2D eigenvalue weighted by atomic mass is 10.1. The van der Waals surface area contributed by atoms with Crippen LogP contribution in [-0.2, 0) is 11.8 Å². The van der Waals surface area contributed by atoms with Crippen LogP contribution in [0.3, 0.4) is 0 Å². The third-order valence-corrected chi connectivity index (χ3v) is 5.57. The van der Waals surface area contributed by atoms with Gasteiger partial charge in [-0.05, 0) is 24.3 Å². The van der Waals surface area contributed by atoms with Crippen LogP contribution in [-0.4, -0.2) is 52.0 Å². The Morgan fingerprint density at radius 3 is 2.81 bits per heavy atom. The largest absolute Gasteiger partial charge is 0.378 e. The van der Waals surface area contributed by atoms with Crippen LogP contribution >= 0.6 is 11.6 Å². The highest BCUT2D eigenvalue weighted by atomic mass is 35.5. The molecule has 4 aromatic rings. The van der Waals surface area contributed by atoms with Crippen molar-refractivity contribution in [3.05, 3.63) is 59.2 Å². The highest BCUT2D eigenvalue weighted by Crippen LogP contribution is 2.30. The lowest BCUT2D eigenvalue weighted by Gasteiger charge is -2.26. The molecule has 158 valence electrons. The molecule has 2 aromatic carbocycles. The van der Waals surface area contributed by atoms with E-state index in [1.807, 2.05) is 36.4 Å². The van der Waals surface area contributed by atoms with Crippen LogP contribution in [0.1, 0.15) is 10.4 Å². The quantitative estimate of drug-likeness (QED) is 0.509. The fraction of sp³-hybridized carbons (Fsp3) is 0.227. The Bertz CT molecular complexity index is 1260. The van der Waals surface area contributed by atoms with E-state index < -0.39 is 0 Å². The summed E-state index contributed by atoms with van der Waals surface area (Å²) in [6, 6.07) is 13.0. The maximum absolute atomic E-state index is 13.1. The van der Waals surface area contributed by atoms with E-state index in [4.69, 9.17) is 16.3 Å². The first-order chi connectivity index (χ1) is 15.1. The molecule has 31 heavy (non-hydrogen) atoms. The Morgan fingerprint density at radius 1 is 1.19 bits per heavy atom. The summed E-state index contributed by atoms with van der Waals surface area (Å²) in [4.78, 5) is 23.2. The van der Waals surface area contributed by atoms with Gasteiger partial charge in [0, 0.05) is 37.6 Å². The SMILES string of the molecule is Cn1cc(C(=O)Nc2ccc3nc(N4CCOCC4)[nH]c3c2)c(-c2ccccc2Cl)n1. The van der Waals surface area contributed by atoms with Gasteiger partial charge in [-0.15, -0.1) is 0 Å². The lowest BCUT2D eigenvalue weighted by Crippen LogP contribution is -2.36. The summed E-state index contributed by atoms with van der Waals surface area (Å²) in [5, 5.41) is 7.96. The zero-order valence-electron chi connectivity index (χ0n) is 16.9. The number of anilines is 2. The Hall–Kier alpha value is -3.36. The smallest absolute Gasteiger partial charge is 0.259 e. The predicted octanol–water partition coefficient (Wildman–Crippen LogP) is 3.71. The molecule has 0 radical (unpaired) electrons. The summed E-state index contributed by atoms with van der Waals surface area (Å²) in [6.07, 6.45) is 1.69. The number of rotatable bonds is 4. The van der Waals surface area contributed by atoms with E-state index in [0.717, 1.165) is 30.1 Å². The second kappa shape index (κ2) is 8.05. The summed E-state index contributed by atoms with van der Waals surface area (Å²) >= 11 is 6.33. The van der Waals surface area contributed by atoms with Gasteiger partial charge in [-0.3, -0.25) is 9.48 Å². The molecule has 0 saturated carbocycles. The van der Waals surface area contributed by atoms with Crippen molar-refractivity contribution in [3.8, 4) is 11.3 Å². The zero-order valence-corrected chi connectivity index (χ0v) is 17.7. The molecule has 2 N–H and O–H groups in total. The molecule has 1 fully saturated rings. The van der Waals surface area contributed by atoms with Gasteiger partial charge in [0.1, 0.15) is 5.69 Å². The predicted molar refractivity (Wildman–Crippen MR) is 121 cm³/mol. The average Bonchev–Trinajstić information content (AvgIpc) is 3.38. The Morgan fingerprint density at radius 2 is 2.00 bits per heavy atom. The van der Waals surface area contributed by atoms with Gasteiger partial charge in [0.05, 0.1) is 34.8 Å². The minimum Gasteiger partial charge on any atom is -0.378 e. The van der Waals surface area contributed by atoms with E-state index in [1.54, 1.807) is 24.0 Å². The monoisotopic (exact) mass is 436 g/mol. The number of amides is 1. The van der Waals surface area contributed by atoms with Crippen LogP contribution in [0, 0.1) is 0 Å². The number of ether oxygens (including phenoxy) is 1. The van der Waals surface area contributed by atoms with E-state index >= 15 is 0 Å². The van der Waals surface area contributed by atoms with Gasteiger partial charge in [0.15, 0.2) is 0 Å². The van der Waals surface area contributed by atoms with Gasteiger partial charge >= 0.3 is 0 Å². The van der Waals surface area contributed by atoms with Crippen LogP contribution in [0.5, 0.6) is 0 Å². The summed E-state index contributed by atoms with van der Waals surface area (Å²) in [6.45, 7) is 2.99. The topological polar surface area (TPSA) is 88.1 Å². The first-order valence-electron chi connectivity index (χ1n) is 10.0. The number of morpholine rings is 1. The summed E-state index contributed by atoms with van der Waals surface area (Å²) in [5.74, 6) is 0.560. The van der Waals surface area contributed by atoms with Gasteiger partial charge in [0.25, 0.3) is 5.91 Å². The molecule has 1 amide bonds. The van der Waals surface area contributed by atoms with Crippen LogP contribution in [0.4, 0.5) is 11.6 Å². The maximum Gasteiger partial charge on any atom is 0.259 e. The molecule has 0 spiro atoms. The molecule has 8 nitrogen and oxygen atoms in total. The second-order valence-electron chi connectivity index (χ2n) is 7.39. The molecule has 1 aliphatic heterocycles. The minimum atomic E-state index is -0.254. The van der Waals surface area contributed by atoms with Crippen molar-refractivity contribution in [2.75, 3.05) is 36.5 Å². The third-order valence-electron chi connectivity index (χ3n) is 5.24. The summed E-state index contributed by atoms with van der Waals surface area (Å²) in [7, 11) is 1.78. The fourth-order valence-corrected chi connectivity index (χ4v) is 3.93. The average molecular weight is 437 g/mol. The number of nitrogens with zero attached hydrogens (tertiary/aromatic N) is 4. The first-order valence-corrected chi connectivity index (χ1v) is 10.4. The number of H-pyrrole nitrogens is 1. The number of aromatic nitrogens is 4. The molecule has 9 heteroatoms. The van der Waals surface area contributed by atoms with Gasteiger partial charge < -0.3 is 19.9 Å². The highest BCUT2D eigenvalue weighted by Gasteiger charge is 2.20. The van der Waals surface area contributed by atoms with Crippen LogP contribution in [0.15, 0.2) is 48.7 Å². The number of aromatic amines is 1. The van der Waals surface area contributed by atoms with Crippen molar-refractivity contribution >= 4 is 40.2 Å². The highest BCUT2D eigenvalue weighted by molar-refractivity contribution is 6.33. The molecular formula is C22H21ClN6O2. The Labute approximate surface area is 183 Å². The number of hydrogen-bond donors (Lipinski definition) is 2. The molecule has 3 heterocycles. The minimum absolute atomic E-state index is 0.254. The lowest BCUT2D eigenvalue weighted by molar-refractivity contribution is 0.102. The Balaban J connectivity index is 1.41. The molecule has 1 aliphatic rings. The normalized spacial score (nSPS) is 14.2. The van der Waals surface area contributed by atoms with Crippen molar-refractivity contribution in [2.45, 2.75) is 0 Å². The number of imidazole rings is 1. The molecule has 0 atom stereocenters. The van der Waals surface area contributed by atoms with Gasteiger partial charge in [-0.1, -0.05) is 29.8 Å². The van der Waals surface area contributed by atoms with Gasteiger partial charge in [-0.25, -0.2) is 4.98 Å². The number of fused-ring (bicyclic) bond motifs is 1. The van der Waals surface area contributed by atoms with Crippen LogP contribution in [0.2, 0.25) is 5.02 Å². The summed E-state index contributed by atoms with van der Waals surface area (Å²) < 4.78 is 7.02. The molecule has 5 rings (SSSR count). The fourth-order valence-electron chi connectivity index (χ4n) is 3.70. The third kappa shape index (κ3) is 3.87. The molecule has 1 saturated heterocycles. The van der Waals surface area contributed by atoms with Crippen molar-refractivity contribution in [2.24, 2.45) is 7.05 Å². The number of halogens is 1. The molecular weight excluding hydrogens is 416 g/mol. The van der Waals surface area contributed by atoms with Crippen molar-refractivity contribution in [3.63, 3.8) is 0 Å². The molecule has 0 bridgehead atoms. The van der Waals surface area contributed by atoms with E-state index in [1.165, 1.54) is 0 Å². The maximum atomic E-state index is 13.1. The summed E-state index contributed by atoms with van der Waals surface area (Å²) in [5.41, 5.74) is 4.09. The number of nitrogens with one attached hydrogen (secondary N) is 2. The van der Waals surface area contributed by atoms with Crippen molar-refractivity contribution < 1.29 is 9.53 Å². The van der Waals surface area contributed by atoms with Crippen molar-refractivity contribution in [1.29, 1.82) is 0 Å². The molecule has 0 aliphatic carbocycles. The number of benzene rings is 2. The number of aryl methyl sites for hydroxylation is 1. The van der Waals surface area contributed by atoms with Gasteiger partial charge in [0.2, 0.25) is 5.95 Å². The van der Waals surface area contributed by atoms with Gasteiger partial charge in [-0.2, -0.15) is 5.10 Å². The van der Waals surface area contributed by atoms with Crippen LogP contribution < -0.4 is 10.2 Å². The van der Waals surface area contributed by atoms with E-state index in [0.29, 0.717) is 40.7 Å². The van der Waals surface area contributed by atoms with E-state index in [2.05, 4.69) is 25.3 Å². The van der Waals surface area contributed by atoms with E-state index in [9.17, 15) is 4.79 Å². The van der Waals surface area contributed by atoms with Crippen LogP contribution in [0.25, 0.3) is 22.3 Å². The number of hydrogen-bond acceptors (Lipinski definition) is 5. The van der Waals surface area contributed by atoms with Crippen molar-refractivity contribution in [1.82, 2.24) is 19.7 Å². The van der Waals surface area contributed by atoms with E-state index in [-0.39, 0.29) is 5.91 Å². The molecule has 0 unspecified atom stereocenters. The molecule has 2 aromatic heterocycles. The number of carbonyl (C=O) groups is 1. The number of carbonyl (C=O) groups excluding carboxylic acids is 1. The first kappa shape index (κ1) is 19.6.